The number of aryl methyl sites for hydroxylation is 3. The van der Waals surface area contributed by atoms with Crippen LogP contribution in [0.25, 0.3) is 0 Å². The third-order valence-corrected chi connectivity index (χ3v) is 4.16. The van der Waals surface area contributed by atoms with E-state index in [1.165, 1.54) is 16.1 Å². The fraction of sp³-hybridized carbons (Fsp3) is 0.462. The molecule has 1 unspecified atom stereocenters. The highest BCUT2D eigenvalue weighted by Gasteiger charge is 2.19. The SMILES string of the molecule is CCc1cc(C(NC)c2sccc2C)n(C)n1. The number of rotatable bonds is 4. The van der Waals surface area contributed by atoms with E-state index in [4.69, 9.17) is 0 Å². The molecule has 0 amide bonds. The minimum absolute atomic E-state index is 0.243. The average Bonchev–Trinajstić information content (AvgIpc) is 2.88. The lowest BCUT2D eigenvalue weighted by Crippen LogP contribution is -2.20. The van der Waals surface area contributed by atoms with Gasteiger partial charge in [0.1, 0.15) is 0 Å². The summed E-state index contributed by atoms with van der Waals surface area (Å²) in [4.78, 5) is 1.37. The Morgan fingerprint density at radius 2 is 2.29 bits per heavy atom. The molecule has 0 aliphatic carbocycles. The number of thiophene rings is 1. The van der Waals surface area contributed by atoms with Gasteiger partial charge in [-0.3, -0.25) is 4.68 Å². The standard InChI is InChI=1S/C13H19N3S/c1-5-10-8-11(16(4)15-10)12(14-3)13-9(2)6-7-17-13/h6-8,12,14H,5H2,1-4H3. The van der Waals surface area contributed by atoms with Crippen molar-refractivity contribution in [3.63, 3.8) is 0 Å². The Kier molecular flexibility index (Phi) is 3.64. The second-order valence-corrected chi connectivity index (χ2v) is 5.17. The molecule has 0 aliphatic rings. The van der Waals surface area contributed by atoms with Crippen molar-refractivity contribution in [1.82, 2.24) is 15.1 Å². The summed E-state index contributed by atoms with van der Waals surface area (Å²) >= 11 is 1.80. The molecule has 2 rings (SSSR count). The largest absolute Gasteiger partial charge is 0.307 e. The molecule has 17 heavy (non-hydrogen) atoms. The minimum atomic E-state index is 0.243. The predicted molar refractivity (Wildman–Crippen MR) is 72.5 cm³/mol. The van der Waals surface area contributed by atoms with Gasteiger partial charge in [-0.15, -0.1) is 11.3 Å². The van der Waals surface area contributed by atoms with Crippen LogP contribution in [0.5, 0.6) is 0 Å². The predicted octanol–water partition coefficient (Wildman–Crippen LogP) is 2.66. The van der Waals surface area contributed by atoms with Crippen LogP contribution in [-0.4, -0.2) is 16.8 Å². The summed E-state index contributed by atoms with van der Waals surface area (Å²) < 4.78 is 1.99. The van der Waals surface area contributed by atoms with Crippen LogP contribution in [0.2, 0.25) is 0 Å². The highest BCUT2D eigenvalue weighted by atomic mass is 32.1. The molecule has 0 spiro atoms. The lowest BCUT2D eigenvalue weighted by atomic mass is 10.1. The van der Waals surface area contributed by atoms with Crippen LogP contribution in [0.15, 0.2) is 17.5 Å². The van der Waals surface area contributed by atoms with Crippen molar-refractivity contribution in [2.75, 3.05) is 7.05 Å². The van der Waals surface area contributed by atoms with Gasteiger partial charge in [-0.2, -0.15) is 5.10 Å². The summed E-state index contributed by atoms with van der Waals surface area (Å²) in [7, 11) is 4.02. The normalized spacial score (nSPS) is 12.9. The first-order chi connectivity index (χ1) is 8.17. The Balaban J connectivity index is 2.42. The van der Waals surface area contributed by atoms with Gasteiger partial charge in [-0.1, -0.05) is 6.92 Å². The van der Waals surface area contributed by atoms with E-state index in [0.29, 0.717) is 0 Å². The summed E-state index contributed by atoms with van der Waals surface area (Å²) in [5.41, 5.74) is 3.72. The molecule has 0 bridgehead atoms. The fourth-order valence-electron chi connectivity index (χ4n) is 2.08. The van der Waals surface area contributed by atoms with Gasteiger partial charge >= 0.3 is 0 Å². The van der Waals surface area contributed by atoms with Crippen LogP contribution in [0.1, 0.15) is 34.8 Å². The molecule has 2 aromatic rings. The van der Waals surface area contributed by atoms with Crippen molar-refractivity contribution in [3.8, 4) is 0 Å². The van der Waals surface area contributed by atoms with E-state index in [2.05, 4.69) is 41.8 Å². The van der Waals surface area contributed by atoms with E-state index in [1.807, 2.05) is 18.8 Å². The average molecular weight is 249 g/mol. The van der Waals surface area contributed by atoms with E-state index < -0.39 is 0 Å². The number of hydrogen-bond acceptors (Lipinski definition) is 3. The molecule has 0 aromatic carbocycles. The van der Waals surface area contributed by atoms with Crippen molar-refractivity contribution in [2.24, 2.45) is 7.05 Å². The maximum atomic E-state index is 4.52. The monoisotopic (exact) mass is 249 g/mol. The molecule has 2 aromatic heterocycles. The van der Waals surface area contributed by atoms with Crippen molar-refractivity contribution in [3.05, 3.63) is 39.3 Å². The zero-order valence-corrected chi connectivity index (χ0v) is 11.6. The smallest absolute Gasteiger partial charge is 0.0842 e. The first kappa shape index (κ1) is 12.3. The third-order valence-electron chi connectivity index (χ3n) is 3.08. The molecule has 1 N–H and O–H groups in total. The molecule has 4 heteroatoms. The number of nitrogens with one attached hydrogen (secondary N) is 1. The Labute approximate surface area is 106 Å². The lowest BCUT2D eigenvalue weighted by molar-refractivity contribution is 0.608. The van der Waals surface area contributed by atoms with Crippen LogP contribution >= 0.6 is 11.3 Å². The summed E-state index contributed by atoms with van der Waals surface area (Å²) in [5.74, 6) is 0. The topological polar surface area (TPSA) is 29.9 Å². The molecule has 0 radical (unpaired) electrons. The van der Waals surface area contributed by atoms with Crippen LogP contribution in [-0.2, 0) is 13.5 Å². The van der Waals surface area contributed by atoms with E-state index >= 15 is 0 Å². The van der Waals surface area contributed by atoms with E-state index in [1.54, 1.807) is 11.3 Å². The number of aromatic nitrogens is 2. The first-order valence-corrected chi connectivity index (χ1v) is 6.79. The molecule has 3 nitrogen and oxygen atoms in total. The molecular formula is C13H19N3S. The first-order valence-electron chi connectivity index (χ1n) is 5.91. The van der Waals surface area contributed by atoms with Gasteiger partial charge in [-0.05, 0) is 43.5 Å². The second-order valence-electron chi connectivity index (χ2n) is 4.23. The number of hydrogen-bond donors (Lipinski definition) is 1. The maximum absolute atomic E-state index is 4.52. The zero-order valence-electron chi connectivity index (χ0n) is 10.8. The molecule has 92 valence electrons. The van der Waals surface area contributed by atoms with Crippen molar-refractivity contribution in [1.29, 1.82) is 0 Å². The highest BCUT2D eigenvalue weighted by Crippen LogP contribution is 2.29. The highest BCUT2D eigenvalue weighted by molar-refractivity contribution is 7.10. The fourth-order valence-corrected chi connectivity index (χ4v) is 3.13. The van der Waals surface area contributed by atoms with Crippen LogP contribution in [0, 0.1) is 6.92 Å². The molecule has 2 heterocycles. The van der Waals surface area contributed by atoms with Crippen LogP contribution in [0.4, 0.5) is 0 Å². The van der Waals surface area contributed by atoms with Gasteiger partial charge in [0.25, 0.3) is 0 Å². The Hall–Kier alpha value is -1.13. The summed E-state index contributed by atoms with van der Waals surface area (Å²) in [6.07, 6.45) is 0.980. The summed E-state index contributed by atoms with van der Waals surface area (Å²) in [5, 5.41) is 10.1. The quantitative estimate of drug-likeness (QED) is 0.903. The van der Waals surface area contributed by atoms with Crippen molar-refractivity contribution in [2.45, 2.75) is 26.3 Å². The van der Waals surface area contributed by atoms with Crippen molar-refractivity contribution < 1.29 is 0 Å². The van der Waals surface area contributed by atoms with Gasteiger partial charge in [0.2, 0.25) is 0 Å². The minimum Gasteiger partial charge on any atom is -0.307 e. The molecule has 1 atom stereocenters. The molecule has 0 aliphatic heterocycles. The van der Waals surface area contributed by atoms with E-state index in [9.17, 15) is 0 Å². The Bertz CT molecular complexity index is 498. The lowest BCUT2D eigenvalue weighted by Gasteiger charge is -2.16. The summed E-state index contributed by atoms with van der Waals surface area (Å²) in [6, 6.07) is 4.61. The maximum Gasteiger partial charge on any atom is 0.0842 e. The molecule has 0 saturated heterocycles. The number of nitrogens with zero attached hydrogens (tertiary/aromatic N) is 2. The molecule has 0 fully saturated rings. The Morgan fingerprint density at radius 1 is 1.53 bits per heavy atom. The van der Waals surface area contributed by atoms with Crippen LogP contribution < -0.4 is 5.32 Å². The zero-order chi connectivity index (χ0) is 12.4. The van der Waals surface area contributed by atoms with Crippen LogP contribution in [0.3, 0.4) is 0 Å². The third kappa shape index (κ3) is 2.28. The van der Waals surface area contributed by atoms with Gasteiger partial charge in [0, 0.05) is 11.9 Å². The molecular weight excluding hydrogens is 230 g/mol. The molecule has 0 saturated carbocycles. The van der Waals surface area contributed by atoms with E-state index in [-0.39, 0.29) is 6.04 Å². The summed E-state index contributed by atoms with van der Waals surface area (Å²) in [6.45, 7) is 4.30. The van der Waals surface area contributed by atoms with Crippen molar-refractivity contribution >= 4 is 11.3 Å². The second kappa shape index (κ2) is 5.02. The van der Waals surface area contributed by atoms with Gasteiger partial charge in [0.15, 0.2) is 0 Å². The van der Waals surface area contributed by atoms with Gasteiger partial charge in [-0.25, -0.2) is 0 Å². The van der Waals surface area contributed by atoms with Gasteiger partial charge < -0.3 is 5.32 Å². The van der Waals surface area contributed by atoms with Gasteiger partial charge in [0.05, 0.1) is 17.4 Å². The Morgan fingerprint density at radius 3 is 2.76 bits per heavy atom. The van der Waals surface area contributed by atoms with E-state index in [0.717, 1.165) is 12.1 Å².